The first-order chi connectivity index (χ1) is 12.7. The maximum absolute atomic E-state index is 12.7. The van der Waals surface area contributed by atoms with Gasteiger partial charge < -0.3 is 14.6 Å². The van der Waals surface area contributed by atoms with Crippen LogP contribution in [-0.2, 0) is 11.8 Å². The van der Waals surface area contributed by atoms with E-state index in [1.165, 1.54) is 0 Å². The molecule has 4 rings (SSSR count). The number of aromatic nitrogens is 4. The van der Waals surface area contributed by atoms with Gasteiger partial charge in [0.05, 0.1) is 11.1 Å². The first kappa shape index (κ1) is 16.7. The third kappa shape index (κ3) is 3.17. The minimum absolute atomic E-state index is 0.0973. The van der Waals surface area contributed by atoms with Gasteiger partial charge in [-0.2, -0.15) is 0 Å². The third-order valence-electron chi connectivity index (χ3n) is 4.87. The lowest BCUT2D eigenvalue weighted by Crippen LogP contribution is -2.36. The van der Waals surface area contributed by atoms with E-state index in [0.29, 0.717) is 12.1 Å². The maximum atomic E-state index is 12.7. The van der Waals surface area contributed by atoms with E-state index in [0.717, 1.165) is 36.2 Å². The number of hydrogen-bond donors (Lipinski definition) is 1. The maximum Gasteiger partial charge on any atom is 0.252 e. The van der Waals surface area contributed by atoms with Crippen molar-refractivity contribution in [3.63, 3.8) is 0 Å². The zero-order valence-corrected chi connectivity index (χ0v) is 14.6. The van der Waals surface area contributed by atoms with Crippen molar-refractivity contribution in [2.24, 2.45) is 13.0 Å². The molecule has 1 aliphatic rings. The number of aryl methyl sites for hydroxylation is 1. The molecule has 4 heterocycles. The van der Waals surface area contributed by atoms with Crippen LogP contribution in [0.1, 0.15) is 35.1 Å². The van der Waals surface area contributed by atoms with E-state index in [9.17, 15) is 4.79 Å². The molecule has 1 N–H and O–H groups in total. The van der Waals surface area contributed by atoms with Gasteiger partial charge in [0.25, 0.3) is 5.91 Å². The summed E-state index contributed by atoms with van der Waals surface area (Å²) in [5.41, 5.74) is 1.35. The summed E-state index contributed by atoms with van der Waals surface area (Å²) in [6.45, 7) is 1.27. The van der Waals surface area contributed by atoms with Crippen molar-refractivity contribution >= 4 is 16.8 Å². The molecule has 1 saturated heterocycles. The van der Waals surface area contributed by atoms with Crippen molar-refractivity contribution in [1.82, 2.24) is 24.8 Å². The molecule has 0 spiro atoms. The van der Waals surface area contributed by atoms with Crippen LogP contribution in [0.3, 0.4) is 0 Å². The van der Waals surface area contributed by atoms with Gasteiger partial charge in [-0.1, -0.05) is 0 Å². The lowest BCUT2D eigenvalue weighted by molar-refractivity contribution is -0.0337. The van der Waals surface area contributed by atoms with Gasteiger partial charge in [0.2, 0.25) is 0 Å². The van der Waals surface area contributed by atoms with Gasteiger partial charge in [0, 0.05) is 62.5 Å². The van der Waals surface area contributed by atoms with Gasteiger partial charge in [-0.15, -0.1) is 0 Å². The fourth-order valence-electron chi connectivity index (χ4n) is 3.50. The normalized spacial score (nSPS) is 20.2. The summed E-state index contributed by atoms with van der Waals surface area (Å²) in [6, 6.07) is 3.53. The van der Waals surface area contributed by atoms with Crippen molar-refractivity contribution in [2.75, 3.05) is 13.2 Å². The molecule has 7 heteroatoms. The summed E-state index contributed by atoms with van der Waals surface area (Å²) in [5.74, 6) is 0.983. The van der Waals surface area contributed by atoms with Gasteiger partial charge in [-0.25, -0.2) is 4.98 Å². The van der Waals surface area contributed by atoms with Crippen LogP contribution >= 0.6 is 0 Å². The van der Waals surface area contributed by atoms with Crippen LogP contribution in [0.5, 0.6) is 0 Å². The predicted molar refractivity (Wildman–Crippen MR) is 96.5 cm³/mol. The summed E-state index contributed by atoms with van der Waals surface area (Å²) >= 11 is 0. The van der Waals surface area contributed by atoms with Crippen molar-refractivity contribution in [3.05, 3.63) is 54.5 Å². The van der Waals surface area contributed by atoms with Crippen molar-refractivity contribution < 1.29 is 9.53 Å². The first-order valence-corrected chi connectivity index (χ1v) is 8.80. The largest absolute Gasteiger partial charge is 0.370 e. The van der Waals surface area contributed by atoms with E-state index >= 15 is 0 Å². The molecule has 0 radical (unpaired) electrons. The molecular formula is C19H21N5O2. The highest BCUT2D eigenvalue weighted by Gasteiger charge is 2.30. The van der Waals surface area contributed by atoms with Crippen molar-refractivity contribution in [1.29, 1.82) is 0 Å². The van der Waals surface area contributed by atoms with Crippen LogP contribution in [0.4, 0.5) is 0 Å². The van der Waals surface area contributed by atoms with Crippen LogP contribution in [0.25, 0.3) is 10.9 Å². The smallest absolute Gasteiger partial charge is 0.252 e. The topological polar surface area (TPSA) is 81.9 Å². The Labute approximate surface area is 151 Å². The number of pyridine rings is 2. The van der Waals surface area contributed by atoms with Gasteiger partial charge in [0.1, 0.15) is 11.9 Å². The number of imidazole rings is 1. The second kappa shape index (κ2) is 7.21. The quantitative estimate of drug-likeness (QED) is 0.780. The van der Waals surface area contributed by atoms with E-state index < -0.39 is 0 Å². The molecular weight excluding hydrogens is 330 g/mol. The molecule has 0 aliphatic carbocycles. The average molecular weight is 351 g/mol. The number of amides is 1. The van der Waals surface area contributed by atoms with Gasteiger partial charge in [-0.05, 0) is 25.0 Å². The highest BCUT2D eigenvalue weighted by Crippen LogP contribution is 2.32. The molecule has 2 atom stereocenters. The lowest BCUT2D eigenvalue weighted by Gasteiger charge is -2.31. The first-order valence-electron chi connectivity index (χ1n) is 8.80. The number of carbonyl (C=O) groups is 1. The van der Waals surface area contributed by atoms with Gasteiger partial charge in [-0.3, -0.25) is 14.8 Å². The van der Waals surface area contributed by atoms with Crippen LogP contribution < -0.4 is 5.32 Å². The molecule has 0 bridgehead atoms. The number of ether oxygens (including phenoxy) is 1. The summed E-state index contributed by atoms with van der Waals surface area (Å²) in [7, 11) is 1.96. The fraction of sp³-hybridized carbons (Fsp3) is 0.368. The minimum atomic E-state index is -0.116. The van der Waals surface area contributed by atoms with Crippen molar-refractivity contribution in [3.8, 4) is 0 Å². The van der Waals surface area contributed by atoms with E-state index in [-0.39, 0.29) is 17.9 Å². The summed E-state index contributed by atoms with van der Waals surface area (Å²) in [6.07, 6.45) is 10.6. The molecule has 0 unspecified atom stereocenters. The molecule has 1 fully saturated rings. The number of rotatable bonds is 4. The number of hydrogen-bond acceptors (Lipinski definition) is 5. The van der Waals surface area contributed by atoms with Crippen LogP contribution in [0.2, 0.25) is 0 Å². The Bertz CT molecular complexity index is 918. The number of nitrogens with zero attached hydrogens (tertiary/aromatic N) is 4. The highest BCUT2D eigenvalue weighted by molar-refractivity contribution is 6.05. The Kier molecular flexibility index (Phi) is 4.62. The van der Waals surface area contributed by atoms with Gasteiger partial charge in [0.15, 0.2) is 0 Å². The molecule has 26 heavy (non-hydrogen) atoms. The summed E-state index contributed by atoms with van der Waals surface area (Å²) in [5, 5.41) is 3.82. The fourth-order valence-corrected chi connectivity index (χ4v) is 3.50. The minimum Gasteiger partial charge on any atom is -0.370 e. The second-order valence-electron chi connectivity index (χ2n) is 6.55. The molecule has 3 aromatic heterocycles. The van der Waals surface area contributed by atoms with Crippen LogP contribution in [0, 0.1) is 5.92 Å². The van der Waals surface area contributed by atoms with E-state index in [1.54, 1.807) is 36.9 Å². The number of nitrogens with one attached hydrogen (secondary N) is 1. The molecule has 3 aromatic rings. The second-order valence-corrected chi connectivity index (χ2v) is 6.55. The highest BCUT2D eigenvalue weighted by atomic mass is 16.5. The van der Waals surface area contributed by atoms with Crippen molar-refractivity contribution in [2.45, 2.75) is 18.9 Å². The number of carbonyl (C=O) groups excluding carboxylic acids is 1. The summed E-state index contributed by atoms with van der Waals surface area (Å²) < 4.78 is 7.95. The predicted octanol–water partition coefficient (Wildman–Crippen LogP) is 2.26. The molecule has 1 amide bonds. The third-order valence-corrected chi connectivity index (χ3v) is 4.87. The Morgan fingerprint density at radius 1 is 1.31 bits per heavy atom. The zero-order chi connectivity index (χ0) is 17.9. The van der Waals surface area contributed by atoms with Gasteiger partial charge >= 0.3 is 0 Å². The molecule has 134 valence electrons. The molecule has 0 aromatic carbocycles. The van der Waals surface area contributed by atoms with E-state index in [2.05, 4.69) is 20.3 Å². The lowest BCUT2D eigenvalue weighted by atomic mass is 9.93. The monoisotopic (exact) mass is 351 g/mol. The van der Waals surface area contributed by atoms with E-state index in [4.69, 9.17) is 4.74 Å². The van der Waals surface area contributed by atoms with Crippen LogP contribution in [0.15, 0.2) is 43.1 Å². The average Bonchev–Trinajstić information content (AvgIpc) is 3.11. The Hall–Kier alpha value is -2.80. The molecule has 0 saturated carbocycles. The summed E-state index contributed by atoms with van der Waals surface area (Å²) in [4.78, 5) is 25.5. The van der Waals surface area contributed by atoms with Crippen LogP contribution in [-0.4, -0.2) is 38.6 Å². The Morgan fingerprint density at radius 2 is 2.23 bits per heavy atom. The zero-order valence-electron chi connectivity index (χ0n) is 14.6. The molecule has 7 nitrogen and oxygen atoms in total. The SMILES string of the molecule is Cn1ccnc1[C@@H]1OCCC[C@H]1CNC(=O)c1ccnc2ccncc12. The van der Waals surface area contributed by atoms with E-state index in [1.807, 2.05) is 17.8 Å². The Morgan fingerprint density at radius 3 is 3.08 bits per heavy atom. The number of fused-ring (bicyclic) bond motifs is 1. The Balaban J connectivity index is 1.50. The molecule has 1 aliphatic heterocycles. The standard InChI is InChI=1S/C19H21N5O2/c1-24-9-8-22-18(24)17-13(3-2-10-26-17)11-23-19(25)14-4-7-21-16-5-6-20-12-15(14)16/h4-9,12-13,17H,2-3,10-11H2,1H3,(H,23,25)/t13-,17+/m0/s1.